The molecule has 5 nitrogen and oxygen atoms in total. The van der Waals surface area contributed by atoms with Gasteiger partial charge >= 0.3 is 12.1 Å². The van der Waals surface area contributed by atoms with Crippen molar-refractivity contribution < 1.29 is 32.2 Å². The summed E-state index contributed by atoms with van der Waals surface area (Å²) in [6, 6.07) is 10.1. The highest BCUT2D eigenvalue weighted by molar-refractivity contribution is 6.16. The highest BCUT2D eigenvalue weighted by Crippen LogP contribution is 2.29. The van der Waals surface area contributed by atoms with E-state index in [1.54, 1.807) is 24.3 Å². The minimum atomic E-state index is -4.56. The van der Waals surface area contributed by atoms with Crippen LogP contribution in [0.2, 0.25) is 0 Å². The van der Waals surface area contributed by atoms with Crippen LogP contribution in [0.5, 0.6) is 5.88 Å². The molecule has 1 aromatic carbocycles. The zero-order chi connectivity index (χ0) is 19.2. The number of carbonyl (C=O) groups is 1. The molecule has 0 bridgehead atoms. The monoisotopic (exact) mass is 368 g/mol. The number of esters is 1. The molecule has 0 atom stereocenters. The molecule has 138 valence electrons. The number of hydrogen-bond donors (Lipinski definition) is 0. The van der Waals surface area contributed by atoms with Gasteiger partial charge in [-0.25, -0.2) is 9.78 Å². The number of pyridine rings is 1. The average Bonchev–Trinajstić information content (AvgIpc) is 2.64. The van der Waals surface area contributed by atoms with Crippen molar-refractivity contribution in [2.75, 3.05) is 14.2 Å². The number of aromatic nitrogens is 1. The van der Waals surface area contributed by atoms with Gasteiger partial charge < -0.3 is 14.2 Å². The van der Waals surface area contributed by atoms with Crippen LogP contribution < -0.4 is 4.74 Å². The van der Waals surface area contributed by atoms with Crippen molar-refractivity contribution in [2.45, 2.75) is 12.8 Å². The van der Waals surface area contributed by atoms with E-state index < -0.39 is 17.8 Å². The summed E-state index contributed by atoms with van der Waals surface area (Å²) in [5.74, 6) is -0.790. The van der Waals surface area contributed by atoms with Gasteiger partial charge in [-0.15, -0.1) is 0 Å². The highest BCUT2D eigenvalue weighted by atomic mass is 19.4. The maximum atomic E-state index is 12.7. The summed E-state index contributed by atoms with van der Waals surface area (Å²) < 4.78 is 53.2. The number of carbonyl (C=O) groups excluding carboxylic acids is 1. The normalized spacial score (nSPS) is 11.8. The van der Waals surface area contributed by atoms with Gasteiger partial charge in [-0.1, -0.05) is 30.3 Å². The Morgan fingerprint density at radius 1 is 1.12 bits per heavy atom. The molecule has 0 aliphatic carbocycles. The van der Waals surface area contributed by atoms with Gasteiger partial charge in [0.2, 0.25) is 5.88 Å². The van der Waals surface area contributed by atoms with E-state index >= 15 is 0 Å². The molecule has 0 unspecified atom stereocenters. The van der Waals surface area contributed by atoms with E-state index in [1.807, 2.05) is 0 Å². The summed E-state index contributed by atoms with van der Waals surface area (Å²) in [5.41, 5.74) is 0.151. The second kappa shape index (κ2) is 8.37. The van der Waals surface area contributed by atoms with Crippen LogP contribution >= 0.6 is 0 Å². The lowest BCUT2D eigenvalue weighted by Gasteiger charge is -2.13. The fourth-order valence-electron chi connectivity index (χ4n) is 2.16. The lowest BCUT2D eigenvalue weighted by molar-refractivity contribution is -0.141. The van der Waals surface area contributed by atoms with Crippen molar-refractivity contribution in [3.8, 4) is 5.88 Å². The van der Waals surface area contributed by atoms with Crippen LogP contribution in [-0.4, -0.2) is 25.2 Å². The molecular weight excluding hydrogens is 352 g/mol. The van der Waals surface area contributed by atoms with E-state index in [0.29, 0.717) is 11.1 Å². The third-order valence-corrected chi connectivity index (χ3v) is 3.34. The second-order valence-corrected chi connectivity index (χ2v) is 5.06. The summed E-state index contributed by atoms with van der Waals surface area (Å²) >= 11 is 0. The smallest absolute Gasteiger partial charge is 0.433 e. The van der Waals surface area contributed by atoms with E-state index in [9.17, 15) is 18.0 Å². The first-order valence-electron chi connectivity index (χ1n) is 7.43. The van der Waals surface area contributed by atoms with Gasteiger partial charge in [0.1, 0.15) is 17.9 Å². The van der Waals surface area contributed by atoms with E-state index in [2.05, 4.69) is 4.98 Å². The van der Waals surface area contributed by atoms with Crippen LogP contribution in [0.15, 0.2) is 48.7 Å². The summed E-state index contributed by atoms with van der Waals surface area (Å²) in [7, 11) is 2.62. The number of rotatable bonds is 6. The number of hydrogen-bond acceptors (Lipinski definition) is 5. The van der Waals surface area contributed by atoms with Gasteiger partial charge in [0.05, 0.1) is 20.5 Å². The Labute approximate surface area is 148 Å². The maximum Gasteiger partial charge on any atom is 0.433 e. The third-order valence-electron chi connectivity index (χ3n) is 3.34. The van der Waals surface area contributed by atoms with Crippen LogP contribution in [0.4, 0.5) is 13.2 Å². The topological polar surface area (TPSA) is 57.7 Å². The molecule has 0 fully saturated rings. The summed E-state index contributed by atoms with van der Waals surface area (Å²) in [6.45, 7) is -0.0947. The van der Waals surface area contributed by atoms with E-state index in [0.717, 1.165) is 6.07 Å². The molecule has 0 aliphatic heterocycles. The molecule has 1 aromatic heterocycles. The Balaban J connectivity index is 2.26. The molecule has 1 heterocycles. The van der Waals surface area contributed by atoms with E-state index in [-0.39, 0.29) is 18.1 Å². The van der Waals surface area contributed by atoms with Gasteiger partial charge in [0.25, 0.3) is 0 Å². The quantitative estimate of drug-likeness (QED) is 0.441. The van der Waals surface area contributed by atoms with Crippen LogP contribution in [0, 0.1) is 0 Å². The van der Waals surface area contributed by atoms with Crippen molar-refractivity contribution in [3.63, 3.8) is 0 Å². The van der Waals surface area contributed by atoms with Crippen molar-refractivity contribution >= 4 is 11.5 Å². The van der Waals surface area contributed by atoms with Gasteiger partial charge in [-0.2, -0.15) is 13.2 Å². The Morgan fingerprint density at radius 2 is 1.85 bits per heavy atom. The molecule has 8 heteroatoms. The largest absolute Gasteiger partial charge is 0.503 e. The summed E-state index contributed by atoms with van der Waals surface area (Å²) in [4.78, 5) is 15.4. The number of halogens is 3. The van der Waals surface area contributed by atoms with Crippen molar-refractivity contribution in [2.24, 2.45) is 0 Å². The summed E-state index contributed by atoms with van der Waals surface area (Å²) in [5, 5.41) is 0. The number of benzene rings is 1. The fourth-order valence-corrected chi connectivity index (χ4v) is 2.16. The molecule has 0 aliphatic rings. The Morgan fingerprint density at radius 3 is 2.50 bits per heavy atom. The first kappa shape index (κ1) is 19.3. The van der Waals surface area contributed by atoms with Gasteiger partial charge in [-0.05, 0) is 17.2 Å². The predicted molar refractivity (Wildman–Crippen MR) is 87.0 cm³/mol. The minimum Gasteiger partial charge on any atom is -0.503 e. The van der Waals surface area contributed by atoms with Crippen molar-refractivity contribution in [1.29, 1.82) is 0 Å². The minimum absolute atomic E-state index is 0.0947. The van der Waals surface area contributed by atoms with E-state index in [4.69, 9.17) is 14.2 Å². The number of alkyl halides is 3. The Bertz CT molecular complexity index is 803. The fraction of sp³-hybridized carbons (Fsp3) is 0.222. The molecule has 26 heavy (non-hydrogen) atoms. The molecule has 2 aromatic rings. The van der Waals surface area contributed by atoms with Gasteiger partial charge in [-0.3, -0.25) is 0 Å². The lowest BCUT2D eigenvalue weighted by atomic mass is 10.0. The molecule has 0 N–H and O–H groups in total. The molecule has 0 radical (unpaired) electrons. The van der Waals surface area contributed by atoms with Gasteiger partial charge in [0.15, 0.2) is 0 Å². The standard InChI is InChI=1S/C18H16F3NO4/c1-24-11-14(17(23)25-2)13-7-4-3-6-12(13)10-26-16-9-5-8-15(22-16)18(19,20)21/h3-9,11H,10H2,1-2H3/b14-11+/i9+1. The maximum absolute atomic E-state index is 12.7. The van der Waals surface area contributed by atoms with Crippen molar-refractivity contribution in [3.05, 3.63) is 65.5 Å². The van der Waals surface area contributed by atoms with Crippen LogP contribution in [0.3, 0.4) is 0 Å². The average molecular weight is 368 g/mol. The van der Waals surface area contributed by atoms with Gasteiger partial charge in [0, 0.05) is 6.07 Å². The SMILES string of the molecule is CO/C=C(/C(=O)OC)c1ccccc1COc1[13cH]ccc(C(F)(F)F)n1. The first-order chi connectivity index (χ1) is 12.4. The Kier molecular flexibility index (Phi) is 6.21. The number of nitrogens with zero attached hydrogens (tertiary/aromatic N) is 1. The third kappa shape index (κ3) is 4.75. The molecule has 0 amide bonds. The summed E-state index contributed by atoms with van der Waals surface area (Å²) in [6.07, 6.45) is -3.33. The number of ether oxygens (including phenoxy) is 3. The number of methoxy groups -OCH3 is 2. The van der Waals surface area contributed by atoms with Crippen LogP contribution in [-0.2, 0) is 27.1 Å². The molecule has 0 spiro atoms. The van der Waals surface area contributed by atoms with Crippen LogP contribution in [0.1, 0.15) is 16.8 Å². The zero-order valence-electron chi connectivity index (χ0n) is 14.0. The van der Waals surface area contributed by atoms with Crippen molar-refractivity contribution in [1.82, 2.24) is 4.98 Å². The zero-order valence-corrected chi connectivity index (χ0v) is 14.0. The molecular formula is C18H16F3NO4. The molecule has 0 saturated carbocycles. The first-order valence-corrected chi connectivity index (χ1v) is 7.43. The highest BCUT2D eigenvalue weighted by Gasteiger charge is 2.32. The lowest BCUT2D eigenvalue weighted by Crippen LogP contribution is -2.10. The molecule has 2 rings (SSSR count). The second-order valence-electron chi connectivity index (χ2n) is 5.06. The predicted octanol–water partition coefficient (Wildman–Crippen LogP) is 3.84. The van der Waals surface area contributed by atoms with Crippen LogP contribution in [0.25, 0.3) is 5.57 Å². The Hall–Kier alpha value is -3.03. The van der Waals surface area contributed by atoms with E-state index in [1.165, 1.54) is 32.6 Å². The molecule has 0 saturated heterocycles.